The predicted octanol–water partition coefficient (Wildman–Crippen LogP) is -0.939. The lowest BCUT2D eigenvalue weighted by Crippen LogP contribution is -2.39. The van der Waals surface area contributed by atoms with Crippen LogP contribution in [0.1, 0.15) is 12.8 Å². The average molecular weight is 171 g/mol. The molecule has 1 heterocycles. The van der Waals surface area contributed by atoms with Gasteiger partial charge >= 0.3 is 0 Å². The van der Waals surface area contributed by atoms with Crippen molar-refractivity contribution >= 4 is 5.91 Å². The molecule has 0 aromatic rings. The van der Waals surface area contributed by atoms with Gasteiger partial charge in [-0.05, 0) is 31.8 Å². The number of hydrogen-bond acceptors (Lipinski definition) is 3. The van der Waals surface area contributed by atoms with E-state index in [4.69, 9.17) is 5.73 Å². The molecule has 4 N–H and O–H groups in total. The number of amides is 1. The van der Waals surface area contributed by atoms with E-state index in [2.05, 4.69) is 10.6 Å². The molecule has 1 saturated heterocycles. The zero-order chi connectivity index (χ0) is 8.81. The summed E-state index contributed by atoms with van der Waals surface area (Å²) in [6.07, 6.45) is 2.42. The van der Waals surface area contributed by atoms with E-state index < -0.39 is 0 Å². The fourth-order valence-corrected chi connectivity index (χ4v) is 1.43. The maximum atomic E-state index is 10.8. The van der Waals surface area contributed by atoms with Crippen LogP contribution in [0, 0.1) is 5.92 Å². The van der Waals surface area contributed by atoms with Crippen LogP contribution in [0.5, 0.6) is 0 Å². The third kappa shape index (κ3) is 3.19. The van der Waals surface area contributed by atoms with Crippen LogP contribution in [0.15, 0.2) is 0 Å². The molecule has 4 heteroatoms. The van der Waals surface area contributed by atoms with Crippen LogP contribution < -0.4 is 16.4 Å². The Morgan fingerprint density at radius 2 is 2.50 bits per heavy atom. The molecular weight excluding hydrogens is 154 g/mol. The van der Waals surface area contributed by atoms with Gasteiger partial charge < -0.3 is 16.4 Å². The second-order valence-corrected chi connectivity index (χ2v) is 3.22. The summed E-state index contributed by atoms with van der Waals surface area (Å²) < 4.78 is 0. The zero-order valence-electron chi connectivity index (χ0n) is 7.31. The SMILES string of the molecule is NCC(=O)NCC1CCCNC1. The fourth-order valence-electron chi connectivity index (χ4n) is 1.43. The Kier molecular flexibility index (Phi) is 4.04. The van der Waals surface area contributed by atoms with Gasteiger partial charge in [0.25, 0.3) is 0 Å². The van der Waals surface area contributed by atoms with Gasteiger partial charge in [-0.1, -0.05) is 0 Å². The summed E-state index contributed by atoms with van der Waals surface area (Å²) in [7, 11) is 0. The van der Waals surface area contributed by atoms with E-state index in [9.17, 15) is 4.79 Å². The van der Waals surface area contributed by atoms with Crippen molar-refractivity contribution in [1.29, 1.82) is 0 Å². The summed E-state index contributed by atoms with van der Waals surface area (Å²) >= 11 is 0. The zero-order valence-corrected chi connectivity index (χ0v) is 7.31. The van der Waals surface area contributed by atoms with Gasteiger partial charge in [0, 0.05) is 6.54 Å². The third-order valence-electron chi connectivity index (χ3n) is 2.17. The number of nitrogens with two attached hydrogens (primary N) is 1. The van der Waals surface area contributed by atoms with Gasteiger partial charge in [-0.15, -0.1) is 0 Å². The van der Waals surface area contributed by atoms with Crippen molar-refractivity contribution in [1.82, 2.24) is 10.6 Å². The minimum Gasteiger partial charge on any atom is -0.355 e. The Bertz CT molecular complexity index is 143. The highest BCUT2D eigenvalue weighted by Crippen LogP contribution is 2.07. The third-order valence-corrected chi connectivity index (χ3v) is 2.17. The number of carbonyl (C=O) groups excluding carboxylic acids is 1. The van der Waals surface area contributed by atoms with Gasteiger partial charge in [-0.25, -0.2) is 0 Å². The lowest BCUT2D eigenvalue weighted by molar-refractivity contribution is -0.119. The van der Waals surface area contributed by atoms with E-state index >= 15 is 0 Å². The monoisotopic (exact) mass is 171 g/mol. The fraction of sp³-hybridized carbons (Fsp3) is 0.875. The maximum absolute atomic E-state index is 10.8. The Balaban J connectivity index is 2.09. The van der Waals surface area contributed by atoms with E-state index in [0.717, 1.165) is 19.6 Å². The van der Waals surface area contributed by atoms with Crippen LogP contribution in [0.4, 0.5) is 0 Å². The minimum atomic E-state index is -0.0550. The van der Waals surface area contributed by atoms with Gasteiger partial charge in [-0.2, -0.15) is 0 Å². The van der Waals surface area contributed by atoms with Gasteiger partial charge in [0.15, 0.2) is 0 Å². The number of carbonyl (C=O) groups is 1. The highest BCUT2D eigenvalue weighted by molar-refractivity contribution is 5.77. The Morgan fingerprint density at radius 1 is 1.67 bits per heavy atom. The Hall–Kier alpha value is -0.610. The predicted molar refractivity (Wildman–Crippen MR) is 47.7 cm³/mol. The first-order valence-electron chi connectivity index (χ1n) is 4.50. The topological polar surface area (TPSA) is 67.2 Å². The van der Waals surface area contributed by atoms with E-state index in [-0.39, 0.29) is 12.5 Å². The first-order chi connectivity index (χ1) is 5.83. The lowest BCUT2D eigenvalue weighted by Gasteiger charge is -2.22. The standard InChI is InChI=1S/C8H17N3O/c9-4-8(12)11-6-7-2-1-3-10-5-7/h7,10H,1-6,9H2,(H,11,12). The van der Waals surface area contributed by atoms with E-state index in [1.54, 1.807) is 0 Å². The number of hydrogen-bond donors (Lipinski definition) is 3. The normalized spacial score (nSPS) is 23.6. The molecule has 12 heavy (non-hydrogen) atoms. The quantitative estimate of drug-likeness (QED) is 0.513. The molecule has 0 aromatic carbocycles. The van der Waals surface area contributed by atoms with E-state index in [0.29, 0.717) is 5.92 Å². The first kappa shape index (κ1) is 9.48. The number of piperidine rings is 1. The second kappa shape index (κ2) is 5.11. The lowest BCUT2D eigenvalue weighted by atomic mass is 10.00. The van der Waals surface area contributed by atoms with Crippen molar-refractivity contribution in [2.45, 2.75) is 12.8 Å². The van der Waals surface area contributed by atoms with E-state index in [1.165, 1.54) is 12.8 Å². The molecule has 0 aromatic heterocycles. The molecule has 1 rings (SSSR count). The molecule has 1 aliphatic rings. The molecule has 4 nitrogen and oxygen atoms in total. The molecule has 0 spiro atoms. The molecule has 1 aliphatic heterocycles. The summed E-state index contributed by atoms with van der Waals surface area (Å²) in [4.78, 5) is 10.8. The largest absolute Gasteiger partial charge is 0.355 e. The molecule has 1 amide bonds. The van der Waals surface area contributed by atoms with Gasteiger partial charge in [0.2, 0.25) is 5.91 Å². The van der Waals surface area contributed by atoms with Crippen molar-refractivity contribution in [3.63, 3.8) is 0 Å². The molecular formula is C8H17N3O. The molecule has 0 bridgehead atoms. The highest BCUT2D eigenvalue weighted by atomic mass is 16.1. The van der Waals surface area contributed by atoms with Crippen LogP contribution in [0.25, 0.3) is 0 Å². The molecule has 1 fully saturated rings. The molecule has 70 valence electrons. The van der Waals surface area contributed by atoms with Crippen LogP contribution in [0.2, 0.25) is 0 Å². The van der Waals surface area contributed by atoms with Crippen LogP contribution in [0.3, 0.4) is 0 Å². The highest BCUT2D eigenvalue weighted by Gasteiger charge is 2.12. The van der Waals surface area contributed by atoms with Crippen molar-refractivity contribution in [3.05, 3.63) is 0 Å². The van der Waals surface area contributed by atoms with E-state index in [1.807, 2.05) is 0 Å². The van der Waals surface area contributed by atoms with Gasteiger partial charge in [-0.3, -0.25) is 4.79 Å². The maximum Gasteiger partial charge on any atom is 0.233 e. The van der Waals surface area contributed by atoms with Crippen LogP contribution in [-0.2, 0) is 4.79 Å². The van der Waals surface area contributed by atoms with Crippen molar-refractivity contribution in [2.75, 3.05) is 26.2 Å². The smallest absolute Gasteiger partial charge is 0.233 e. The molecule has 1 unspecified atom stereocenters. The van der Waals surface area contributed by atoms with Crippen molar-refractivity contribution < 1.29 is 4.79 Å². The summed E-state index contributed by atoms with van der Waals surface area (Å²) in [6.45, 7) is 3.00. The summed E-state index contributed by atoms with van der Waals surface area (Å²) in [6, 6.07) is 0. The summed E-state index contributed by atoms with van der Waals surface area (Å²) in [5.74, 6) is 0.537. The number of rotatable bonds is 3. The van der Waals surface area contributed by atoms with Gasteiger partial charge in [0.05, 0.1) is 6.54 Å². The van der Waals surface area contributed by atoms with Crippen molar-refractivity contribution in [2.24, 2.45) is 11.7 Å². The molecule has 0 aliphatic carbocycles. The average Bonchev–Trinajstić information content (AvgIpc) is 2.16. The molecule has 1 atom stereocenters. The van der Waals surface area contributed by atoms with Crippen LogP contribution >= 0.6 is 0 Å². The first-order valence-corrected chi connectivity index (χ1v) is 4.50. The minimum absolute atomic E-state index is 0.0550. The Labute approximate surface area is 72.9 Å². The van der Waals surface area contributed by atoms with Crippen molar-refractivity contribution in [3.8, 4) is 0 Å². The second-order valence-electron chi connectivity index (χ2n) is 3.22. The molecule has 0 saturated carbocycles. The Morgan fingerprint density at radius 3 is 3.08 bits per heavy atom. The molecule has 0 radical (unpaired) electrons. The number of nitrogens with one attached hydrogen (secondary N) is 2. The summed E-state index contributed by atoms with van der Waals surface area (Å²) in [5, 5.41) is 6.09. The van der Waals surface area contributed by atoms with Crippen LogP contribution in [-0.4, -0.2) is 32.1 Å². The van der Waals surface area contributed by atoms with Gasteiger partial charge in [0.1, 0.15) is 0 Å². The summed E-state index contributed by atoms with van der Waals surface area (Å²) in [5.41, 5.74) is 5.16.